The molecule has 1 aliphatic heterocycles. The predicted molar refractivity (Wildman–Crippen MR) is 95.6 cm³/mol. The summed E-state index contributed by atoms with van der Waals surface area (Å²) < 4.78 is 78.7. The number of hydrazone groups is 1. The number of ether oxygens (including phenoxy) is 1. The summed E-state index contributed by atoms with van der Waals surface area (Å²) in [5.41, 5.74) is 5.93. The van der Waals surface area contributed by atoms with Crippen LogP contribution in [-0.4, -0.2) is 48.6 Å². The summed E-state index contributed by atoms with van der Waals surface area (Å²) in [5, 5.41) is 5.82. The molecule has 1 aromatic carbocycles. The third-order valence-corrected chi connectivity index (χ3v) is 4.27. The van der Waals surface area contributed by atoms with Crippen LogP contribution in [0.1, 0.15) is 18.4 Å². The number of amidine groups is 1. The van der Waals surface area contributed by atoms with Crippen molar-refractivity contribution in [1.82, 2.24) is 10.2 Å². The molecule has 0 bridgehead atoms. The highest BCUT2D eigenvalue weighted by Crippen LogP contribution is 2.27. The zero-order valence-electron chi connectivity index (χ0n) is 15.4. The zero-order valence-corrected chi connectivity index (χ0v) is 15.4. The topological polar surface area (TPSA) is 106 Å². The number of likely N-dealkylation sites (tertiary alicyclic amines) is 1. The first-order chi connectivity index (χ1) is 14.0. The van der Waals surface area contributed by atoms with E-state index in [1.165, 1.54) is 6.08 Å². The van der Waals surface area contributed by atoms with Crippen molar-refractivity contribution >= 4 is 17.4 Å². The third kappa shape index (κ3) is 6.46. The molecule has 0 spiro atoms. The minimum Gasteiger partial charge on any atom is -0.403 e. The van der Waals surface area contributed by atoms with Crippen molar-refractivity contribution in [2.45, 2.75) is 31.7 Å². The predicted octanol–water partition coefficient (Wildman–Crippen LogP) is 2.14. The van der Waals surface area contributed by atoms with Crippen molar-refractivity contribution in [2.75, 3.05) is 13.1 Å². The van der Waals surface area contributed by atoms with Gasteiger partial charge in [0.2, 0.25) is 0 Å². The first-order valence-electron chi connectivity index (χ1n) is 8.64. The van der Waals surface area contributed by atoms with Crippen molar-refractivity contribution in [3.63, 3.8) is 0 Å². The highest BCUT2D eigenvalue weighted by atomic mass is 19.4. The van der Waals surface area contributed by atoms with Crippen LogP contribution in [0.15, 0.2) is 29.4 Å². The SMILES string of the molecule is NN=C(C=C(N)c1ccc(OC(F)(F)F)c(F)c1)N1CCC(NC(=O)C(F)F)CC1. The van der Waals surface area contributed by atoms with Gasteiger partial charge < -0.3 is 26.5 Å². The summed E-state index contributed by atoms with van der Waals surface area (Å²) in [7, 11) is 0. The molecular weight excluding hydrogens is 420 g/mol. The van der Waals surface area contributed by atoms with Gasteiger partial charge in [-0.1, -0.05) is 0 Å². The summed E-state index contributed by atoms with van der Waals surface area (Å²) in [4.78, 5) is 12.7. The quantitative estimate of drug-likeness (QED) is 0.214. The van der Waals surface area contributed by atoms with E-state index in [2.05, 4.69) is 15.2 Å². The number of nitrogens with two attached hydrogens (primary N) is 2. The van der Waals surface area contributed by atoms with Gasteiger partial charge in [0.25, 0.3) is 5.91 Å². The van der Waals surface area contributed by atoms with Crippen molar-refractivity contribution in [3.8, 4) is 5.75 Å². The smallest absolute Gasteiger partial charge is 0.403 e. The lowest BCUT2D eigenvalue weighted by atomic mass is 10.0. The fourth-order valence-corrected chi connectivity index (χ4v) is 2.84. The van der Waals surface area contributed by atoms with E-state index >= 15 is 0 Å². The summed E-state index contributed by atoms with van der Waals surface area (Å²) in [6.07, 6.45) is -6.13. The molecule has 0 aliphatic carbocycles. The van der Waals surface area contributed by atoms with E-state index in [1.54, 1.807) is 4.90 Å². The van der Waals surface area contributed by atoms with Gasteiger partial charge in [0.15, 0.2) is 11.6 Å². The second kappa shape index (κ2) is 9.59. The molecule has 0 atom stereocenters. The second-order valence-corrected chi connectivity index (χ2v) is 6.35. The molecule has 1 aliphatic rings. The van der Waals surface area contributed by atoms with Gasteiger partial charge in [-0.05, 0) is 31.0 Å². The second-order valence-electron chi connectivity index (χ2n) is 6.35. The Morgan fingerprint density at radius 2 is 1.93 bits per heavy atom. The summed E-state index contributed by atoms with van der Waals surface area (Å²) in [5.74, 6) is 1.96. The monoisotopic (exact) mass is 439 g/mol. The van der Waals surface area contributed by atoms with E-state index in [1.807, 2.05) is 0 Å². The lowest BCUT2D eigenvalue weighted by molar-refractivity contribution is -0.275. The van der Waals surface area contributed by atoms with E-state index in [-0.39, 0.29) is 17.1 Å². The van der Waals surface area contributed by atoms with Gasteiger partial charge >= 0.3 is 12.8 Å². The van der Waals surface area contributed by atoms with Crippen LogP contribution in [0.5, 0.6) is 5.75 Å². The molecule has 0 aromatic heterocycles. The Hall–Kier alpha value is -3.12. The van der Waals surface area contributed by atoms with E-state index < -0.39 is 36.3 Å². The van der Waals surface area contributed by atoms with E-state index in [0.717, 1.165) is 18.2 Å². The van der Waals surface area contributed by atoms with Crippen LogP contribution in [0.25, 0.3) is 5.70 Å². The number of nitrogens with one attached hydrogen (secondary N) is 1. The van der Waals surface area contributed by atoms with E-state index in [9.17, 15) is 31.1 Å². The van der Waals surface area contributed by atoms with Gasteiger partial charge in [0, 0.05) is 36.5 Å². The average molecular weight is 439 g/mol. The summed E-state index contributed by atoms with van der Waals surface area (Å²) in [6, 6.07) is 2.26. The van der Waals surface area contributed by atoms with Crippen LogP contribution in [-0.2, 0) is 4.79 Å². The largest absolute Gasteiger partial charge is 0.573 e. The molecule has 30 heavy (non-hydrogen) atoms. The van der Waals surface area contributed by atoms with Crippen molar-refractivity contribution in [1.29, 1.82) is 0 Å². The minimum absolute atomic E-state index is 0.0233. The Balaban J connectivity index is 2.04. The summed E-state index contributed by atoms with van der Waals surface area (Å²) in [6.45, 7) is 0.640. The minimum atomic E-state index is -5.04. The maximum absolute atomic E-state index is 13.9. The highest BCUT2D eigenvalue weighted by molar-refractivity contribution is 5.98. The van der Waals surface area contributed by atoms with Crippen LogP contribution in [0.3, 0.4) is 0 Å². The molecule has 1 amide bonds. The normalized spacial score (nSPS) is 16.7. The molecule has 0 unspecified atom stereocenters. The number of alkyl halides is 5. The Kier molecular flexibility index (Phi) is 7.40. The molecule has 13 heteroatoms. The molecule has 1 saturated heterocycles. The number of carbonyl (C=O) groups is 1. The van der Waals surface area contributed by atoms with Gasteiger partial charge in [0.05, 0.1) is 0 Å². The number of amides is 1. The maximum Gasteiger partial charge on any atom is 0.573 e. The van der Waals surface area contributed by atoms with E-state index in [0.29, 0.717) is 25.9 Å². The first kappa shape index (κ1) is 23.2. The molecule has 1 aromatic rings. The zero-order chi connectivity index (χ0) is 22.5. The summed E-state index contributed by atoms with van der Waals surface area (Å²) >= 11 is 0. The first-order valence-corrected chi connectivity index (χ1v) is 8.64. The standard InChI is InChI=1S/C17H19F6N5O2/c18-11-7-9(1-2-13(11)30-17(21,22)23)12(24)8-14(27-25)28-5-3-10(4-6-28)26-16(29)15(19)20/h1-2,7-8,10,15H,3-6,24-25H2,(H,26,29). The molecule has 5 N–H and O–H groups in total. The number of halogens is 6. The number of carbonyl (C=O) groups excluding carboxylic acids is 1. The van der Waals surface area contributed by atoms with Gasteiger partial charge in [-0.2, -0.15) is 13.9 Å². The van der Waals surface area contributed by atoms with Crippen LogP contribution >= 0.6 is 0 Å². The lowest BCUT2D eigenvalue weighted by Gasteiger charge is -2.33. The molecule has 1 fully saturated rings. The number of rotatable bonds is 5. The van der Waals surface area contributed by atoms with Crippen molar-refractivity contribution in [3.05, 3.63) is 35.7 Å². The fourth-order valence-electron chi connectivity index (χ4n) is 2.84. The van der Waals surface area contributed by atoms with Gasteiger partial charge in [-0.25, -0.2) is 4.39 Å². The average Bonchev–Trinajstić information content (AvgIpc) is 2.67. The van der Waals surface area contributed by atoms with Crippen LogP contribution < -0.4 is 21.6 Å². The molecular formula is C17H19F6N5O2. The third-order valence-electron chi connectivity index (χ3n) is 4.27. The van der Waals surface area contributed by atoms with Crippen LogP contribution in [0, 0.1) is 5.82 Å². The number of piperidine rings is 1. The van der Waals surface area contributed by atoms with Crippen LogP contribution in [0.2, 0.25) is 0 Å². The molecule has 2 rings (SSSR count). The Morgan fingerprint density at radius 1 is 1.30 bits per heavy atom. The highest BCUT2D eigenvalue weighted by Gasteiger charge is 2.32. The maximum atomic E-state index is 13.9. The number of hydrogen-bond donors (Lipinski definition) is 3. The van der Waals surface area contributed by atoms with Crippen molar-refractivity contribution < 1.29 is 35.9 Å². The molecule has 166 valence electrons. The number of hydrogen-bond acceptors (Lipinski definition) is 5. The Morgan fingerprint density at radius 3 is 2.43 bits per heavy atom. The van der Waals surface area contributed by atoms with Gasteiger partial charge in [0.1, 0.15) is 5.84 Å². The Labute approximate surface area is 167 Å². The Bertz CT molecular complexity index is 819. The lowest BCUT2D eigenvalue weighted by Crippen LogP contribution is -2.47. The number of nitrogens with zero attached hydrogens (tertiary/aromatic N) is 2. The van der Waals surface area contributed by atoms with E-state index in [4.69, 9.17) is 11.6 Å². The molecule has 1 heterocycles. The van der Waals surface area contributed by atoms with Crippen LogP contribution in [0.4, 0.5) is 26.3 Å². The van der Waals surface area contributed by atoms with Gasteiger partial charge in [-0.15, -0.1) is 13.2 Å². The molecule has 7 nitrogen and oxygen atoms in total. The van der Waals surface area contributed by atoms with Crippen molar-refractivity contribution in [2.24, 2.45) is 16.7 Å². The molecule has 0 saturated carbocycles. The van der Waals surface area contributed by atoms with Gasteiger partial charge in [-0.3, -0.25) is 4.79 Å². The number of benzene rings is 1. The fraction of sp³-hybridized carbons (Fsp3) is 0.412. The molecule has 0 radical (unpaired) electrons.